The van der Waals surface area contributed by atoms with Gasteiger partial charge in [0.25, 0.3) is 0 Å². The Hall–Kier alpha value is -1.82. The van der Waals surface area contributed by atoms with Crippen molar-refractivity contribution >= 4 is 17.7 Å². The summed E-state index contributed by atoms with van der Waals surface area (Å²) in [5.41, 5.74) is 1.31. The molecule has 0 spiro atoms. The van der Waals surface area contributed by atoms with Gasteiger partial charge in [0.2, 0.25) is 11.8 Å². The molecule has 1 atom stereocenters. The van der Waals surface area contributed by atoms with E-state index in [4.69, 9.17) is 9.52 Å². The number of hydrogen-bond acceptors (Lipinski definition) is 5. The summed E-state index contributed by atoms with van der Waals surface area (Å²) < 4.78 is 5.64. The summed E-state index contributed by atoms with van der Waals surface area (Å²) in [6, 6.07) is 8.28. The van der Waals surface area contributed by atoms with E-state index in [2.05, 4.69) is 22.3 Å². The molecule has 0 saturated heterocycles. The largest absolute Gasteiger partial charge is 0.481 e. The van der Waals surface area contributed by atoms with Crippen molar-refractivity contribution < 1.29 is 14.3 Å². The van der Waals surface area contributed by atoms with Gasteiger partial charge in [-0.15, -0.1) is 22.0 Å². The molecule has 0 amide bonds. The molecule has 20 heavy (non-hydrogen) atoms. The fraction of sp³-hybridized carbons (Fsp3) is 0.357. The van der Waals surface area contributed by atoms with Gasteiger partial charge >= 0.3 is 5.97 Å². The standard InChI is InChI=1S/C14H14N2O3S/c17-13(18)7-3-6-12-15-16-14(19-12)11-8-9-4-1-2-5-10(9)20-11/h1-2,4-5,11H,3,6-8H2,(H,17,18). The molecule has 1 aliphatic rings. The van der Waals surface area contributed by atoms with Gasteiger partial charge in [0, 0.05) is 17.7 Å². The van der Waals surface area contributed by atoms with Gasteiger partial charge in [-0.3, -0.25) is 4.79 Å². The number of hydrogen-bond donors (Lipinski definition) is 1. The Morgan fingerprint density at radius 3 is 3.05 bits per heavy atom. The van der Waals surface area contributed by atoms with E-state index in [0.717, 1.165) is 6.42 Å². The molecular formula is C14H14N2O3S. The number of aliphatic carboxylic acids is 1. The first-order valence-corrected chi connectivity index (χ1v) is 7.39. The molecule has 104 valence electrons. The summed E-state index contributed by atoms with van der Waals surface area (Å²) in [4.78, 5) is 11.7. The van der Waals surface area contributed by atoms with Crippen molar-refractivity contribution in [3.05, 3.63) is 41.6 Å². The molecular weight excluding hydrogens is 276 g/mol. The molecule has 1 aromatic heterocycles. The maximum absolute atomic E-state index is 10.5. The number of thioether (sulfide) groups is 1. The summed E-state index contributed by atoms with van der Waals surface area (Å²) in [6.07, 6.45) is 2.07. The summed E-state index contributed by atoms with van der Waals surface area (Å²) in [5.74, 6) is 0.362. The molecule has 0 aliphatic carbocycles. The molecule has 2 aromatic rings. The fourth-order valence-electron chi connectivity index (χ4n) is 2.21. The van der Waals surface area contributed by atoms with Crippen molar-refractivity contribution in [1.29, 1.82) is 0 Å². The zero-order valence-electron chi connectivity index (χ0n) is 10.8. The zero-order chi connectivity index (χ0) is 13.9. The van der Waals surface area contributed by atoms with Crippen molar-refractivity contribution in [1.82, 2.24) is 10.2 Å². The number of nitrogens with zero attached hydrogens (tertiary/aromatic N) is 2. The monoisotopic (exact) mass is 290 g/mol. The van der Waals surface area contributed by atoms with E-state index in [1.54, 1.807) is 11.8 Å². The van der Waals surface area contributed by atoms with Crippen LogP contribution < -0.4 is 0 Å². The first-order chi connectivity index (χ1) is 9.72. The van der Waals surface area contributed by atoms with Gasteiger partial charge in [-0.1, -0.05) is 18.2 Å². The Kier molecular flexibility index (Phi) is 3.73. The first-order valence-electron chi connectivity index (χ1n) is 6.51. The van der Waals surface area contributed by atoms with Crippen molar-refractivity contribution in [3.63, 3.8) is 0 Å². The van der Waals surface area contributed by atoms with E-state index in [-0.39, 0.29) is 11.7 Å². The van der Waals surface area contributed by atoms with E-state index >= 15 is 0 Å². The van der Waals surface area contributed by atoms with Crippen LogP contribution in [0.1, 0.15) is 35.4 Å². The lowest BCUT2D eigenvalue weighted by atomic mass is 10.1. The molecule has 1 unspecified atom stereocenters. The van der Waals surface area contributed by atoms with Crippen LogP contribution in [0.3, 0.4) is 0 Å². The number of benzene rings is 1. The van der Waals surface area contributed by atoms with Gasteiger partial charge in [0.05, 0.1) is 5.25 Å². The van der Waals surface area contributed by atoms with Crippen molar-refractivity contribution in [2.75, 3.05) is 0 Å². The fourth-order valence-corrected chi connectivity index (χ4v) is 3.43. The lowest BCUT2D eigenvalue weighted by Gasteiger charge is -2.00. The highest BCUT2D eigenvalue weighted by atomic mass is 32.2. The second-order valence-electron chi connectivity index (χ2n) is 4.70. The second kappa shape index (κ2) is 5.66. The predicted octanol–water partition coefficient (Wildman–Crippen LogP) is 2.87. The Labute approximate surface area is 120 Å². The molecule has 1 N–H and O–H groups in total. The van der Waals surface area contributed by atoms with Gasteiger partial charge in [0.1, 0.15) is 0 Å². The highest BCUT2D eigenvalue weighted by Gasteiger charge is 2.27. The maximum Gasteiger partial charge on any atom is 0.303 e. The molecule has 0 bridgehead atoms. The molecule has 3 rings (SSSR count). The quantitative estimate of drug-likeness (QED) is 0.912. The Morgan fingerprint density at radius 2 is 2.25 bits per heavy atom. The summed E-state index contributed by atoms with van der Waals surface area (Å²) in [5, 5.41) is 16.9. The minimum absolute atomic E-state index is 0.126. The van der Waals surface area contributed by atoms with Crippen LogP contribution in [-0.4, -0.2) is 21.3 Å². The highest BCUT2D eigenvalue weighted by Crippen LogP contribution is 2.45. The minimum Gasteiger partial charge on any atom is -0.481 e. The minimum atomic E-state index is -0.800. The van der Waals surface area contributed by atoms with Crippen LogP contribution >= 0.6 is 11.8 Å². The van der Waals surface area contributed by atoms with Crippen molar-refractivity contribution in [3.8, 4) is 0 Å². The first kappa shape index (κ1) is 13.2. The average molecular weight is 290 g/mol. The van der Waals surface area contributed by atoms with E-state index in [1.807, 2.05) is 12.1 Å². The Balaban J connectivity index is 1.62. The number of aromatic nitrogens is 2. The summed E-state index contributed by atoms with van der Waals surface area (Å²) in [7, 11) is 0. The second-order valence-corrected chi connectivity index (χ2v) is 5.94. The predicted molar refractivity (Wildman–Crippen MR) is 73.6 cm³/mol. The third-order valence-electron chi connectivity index (χ3n) is 3.19. The van der Waals surface area contributed by atoms with Crippen LogP contribution in [0.15, 0.2) is 33.6 Å². The van der Waals surface area contributed by atoms with E-state index in [1.165, 1.54) is 10.5 Å². The van der Waals surface area contributed by atoms with Gasteiger partial charge in [0.15, 0.2) is 0 Å². The Morgan fingerprint density at radius 1 is 1.40 bits per heavy atom. The van der Waals surface area contributed by atoms with Crippen LogP contribution in [0, 0.1) is 0 Å². The van der Waals surface area contributed by atoms with Gasteiger partial charge in [-0.25, -0.2) is 0 Å². The molecule has 1 aromatic carbocycles. The number of carboxylic acid groups (broad SMARTS) is 1. The average Bonchev–Trinajstić information content (AvgIpc) is 3.03. The summed E-state index contributed by atoms with van der Waals surface area (Å²) >= 11 is 1.74. The molecule has 0 radical (unpaired) electrons. The third-order valence-corrected chi connectivity index (χ3v) is 4.49. The maximum atomic E-state index is 10.5. The zero-order valence-corrected chi connectivity index (χ0v) is 11.6. The lowest BCUT2D eigenvalue weighted by molar-refractivity contribution is -0.137. The highest BCUT2D eigenvalue weighted by molar-refractivity contribution is 7.99. The van der Waals surface area contributed by atoms with E-state index in [0.29, 0.717) is 24.6 Å². The topological polar surface area (TPSA) is 76.2 Å². The van der Waals surface area contributed by atoms with Crippen LogP contribution in [0.5, 0.6) is 0 Å². The van der Waals surface area contributed by atoms with Gasteiger partial charge in [-0.05, 0) is 24.5 Å². The lowest BCUT2D eigenvalue weighted by Crippen LogP contribution is -1.95. The van der Waals surface area contributed by atoms with Crippen molar-refractivity contribution in [2.24, 2.45) is 0 Å². The number of fused-ring (bicyclic) bond motifs is 1. The third kappa shape index (κ3) is 2.85. The molecule has 0 saturated carbocycles. The van der Waals surface area contributed by atoms with E-state index < -0.39 is 5.97 Å². The van der Waals surface area contributed by atoms with Gasteiger partial charge < -0.3 is 9.52 Å². The number of carboxylic acids is 1. The molecule has 5 nitrogen and oxygen atoms in total. The molecule has 2 heterocycles. The smallest absolute Gasteiger partial charge is 0.303 e. The van der Waals surface area contributed by atoms with Gasteiger partial charge in [-0.2, -0.15) is 0 Å². The normalized spacial score (nSPS) is 17.1. The van der Waals surface area contributed by atoms with Crippen LogP contribution in [-0.2, 0) is 17.6 Å². The molecule has 0 fully saturated rings. The number of aryl methyl sites for hydroxylation is 1. The van der Waals surface area contributed by atoms with Crippen LogP contribution in [0.4, 0.5) is 0 Å². The number of rotatable bonds is 5. The molecule has 1 aliphatic heterocycles. The summed E-state index contributed by atoms with van der Waals surface area (Å²) in [6.45, 7) is 0. The molecule has 6 heteroatoms. The van der Waals surface area contributed by atoms with Crippen LogP contribution in [0.2, 0.25) is 0 Å². The SMILES string of the molecule is O=C(O)CCCc1nnc(C2Cc3ccccc3S2)o1. The van der Waals surface area contributed by atoms with Crippen LogP contribution in [0.25, 0.3) is 0 Å². The van der Waals surface area contributed by atoms with E-state index in [9.17, 15) is 4.79 Å². The Bertz CT molecular complexity index is 601. The van der Waals surface area contributed by atoms with Crippen molar-refractivity contribution in [2.45, 2.75) is 35.8 Å². The number of carbonyl (C=O) groups is 1.